The van der Waals surface area contributed by atoms with Crippen LogP contribution in [-0.4, -0.2) is 16.9 Å². The molecule has 2 N–H and O–H groups in total. The van der Waals surface area contributed by atoms with E-state index in [1.54, 1.807) is 6.07 Å². The zero-order valence-electron chi connectivity index (χ0n) is 12.7. The van der Waals surface area contributed by atoms with Crippen molar-refractivity contribution in [3.8, 4) is 0 Å². The van der Waals surface area contributed by atoms with E-state index in [1.807, 2.05) is 18.2 Å². The summed E-state index contributed by atoms with van der Waals surface area (Å²) >= 11 is 0. The number of amides is 1. The second-order valence-electron chi connectivity index (χ2n) is 6.09. The highest BCUT2D eigenvalue weighted by atomic mass is 16.2. The number of nitrogens with one attached hydrogen (secondary N) is 2. The Morgan fingerprint density at radius 2 is 1.73 bits per heavy atom. The van der Waals surface area contributed by atoms with Crippen molar-refractivity contribution >= 4 is 16.8 Å². The smallest absolute Gasteiger partial charge is 0.256 e. The summed E-state index contributed by atoms with van der Waals surface area (Å²) in [5.41, 5.74) is 0.772. The third kappa shape index (κ3) is 3.21. The van der Waals surface area contributed by atoms with Gasteiger partial charge in [0.15, 0.2) is 0 Å². The first-order chi connectivity index (χ1) is 10.8. The summed E-state index contributed by atoms with van der Waals surface area (Å²) in [6.07, 6.45) is 9.63. The Kier molecular flexibility index (Phi) is 4.56. The van der Waals surface area contributed by atoms with Gasteiger partial charge in [0, 0.05) is 23.1 Å². The maximum atomic E-state index is 12.5. The molecule has 4 heteroatoms. The summed E-state index contributed by atoms with van der Waals surface area (Å²) < 4.78 is 0. The number of para-hydroxylation sites is 1. The predicted molar refractivity (Wildman–Crippen MR) is 88.1 cm³/mol. The monoisotopic (exact) mass is 298 g/mol. The summed E-state index contributed by atoms with van der Waals surface area (Å²) in [7, 11) is 0. The molecule has 1 amide bonds. The lowest BCUT2D eigenvalue weighted by Crippen LogP contribution is -2.37. The van der Waals surface area contributed by atoms with Gasteiger partial charge in [0.25, 0.3) is 5.91 Å². The number of carbonyl (C=O) groups excluding carboxylic acids is 1. The average Bonchev–Trinajstić information content (AvgIpc) is 2.50. The van der Waals surface area contributed by atoms with Crippen LogP contribution >= 0.6 is 0 Å². The van der Waals surface area contributed by atoms with Gasteiger partial charge in [0.2, 0.25) is 5.43 Å². The van der Waals surface area contributed by atoms with Gasteiger partial charge in [-0.2, -0.15) is 0 Å². The first-order valence-corrected chi connectivity index (χ1v) is 8.17. The van der Waals surface area contributed by atoms with E-state index in [0.29, 0.717) is 5.39 Å². The predicted octanol–water partition coefficient (Wildman–Crippen LogP) is 3.37. The number of aromatic nitrogens is 1. The normalized spacial score (nSPS) is 16.9. The van der Waals surface area contributed by atoms with Crippen molar-refractivity contribution in [1.29, 1.82) is 0 Å². The molecule has 0 saturated heterocycles. The fraction of sp³-hybridized carbons (Fsp3) is 0.444. The number of hydrogen-bond acceptors (Lipinski definition) is 2. The molecule has 1 aromatic heterocycles. The van der Waals surface area contributed by atoms with E-state index in [-0.39, 0.29) is 22.9 Å². The van der Waals surface area contributed by atoms with Crippen molar-refractivity contribution in [1.82, 2.24) is 10.3 Å². The van der Waals surface area contributed by atoms with Gasteiger partial charge < -0.3 is 10.3 Å². The molecule has 0 atom stereocenters. The van der Waals surface area contributed by atoms with Gasteiger partial charge in [-0.05, 0) is 25.0 Å². The lowest BCUT2D eigenvalue weighted by atomic mass is 9.96. The van der Waals surface area contributed by atoms with Gasteiger partial charge in [-0.3, -0.25) is 9.59 Å². The quantitative estimate of drug-likeness (QED) is 0.893. The second-order valence-corrected chi connectivity index (χ2v) is 6.09. The van der Waals surface area contributed by atoms with Gasteiger partial charge in [-0.15, -0.1) is 0 Å². The first-order valence-electron chi connectivity index (χ1n) is 8.17. The molecule has 22 heavy (non-hydrogen) atoms. The zero-order chi connectivity index (χ0) is 15.4. The Hall–Kier alpha value is -2.10. The van der Waals surface area contributed by atoms with Gasteiger partial charge >= 0.3 is 0 Å². The number of pyridine rings is 1. The topological polar surface area (TPSA) is 62.0 Å². The molecule has 1 fully saturated rings. The van der Waals surface area contributed by atoms with Crippen LogP contribution in [0.15, 0.2) is 35.3 Å². The zero-order valence-corrected chi connectivity index (χ0v) is 12.7. The van der Waals surface area contributed by atoms with Crippen LogP contribution in [0.5, 0.6) is 0 Å². The SMILES string of the molecule is O=C(NC1CCCCCCC1)c1c[nH]c2ccccc2c1=O. The molecule has 116 valence electrons. The van der Waals surface area contributed by atoms with Crippen molar-refractivity contribution in [2.24, 2.45) is 0 Å². The average molecular weight is 298 g/mol. The molecule has 1 aliphatic carbocycles. The molecule has 0 bridgehead atoms. The lowest BCUT2D eigenvalue weighted by molar-refractivity contribution is 0.0929. The van der Waals surface area contributed by atoms with Crippen molar-refractivity contribution < 1.29 is 4.79 Å². The molecule has 2 aromatic rings. The van der Waals surface area contributed by atoms with E-state index in [1.165, 1.54) is 25.5 Å². The van der Waals surface area contributed by atoms with E-state index < -0.39 is 0 Å². The fourth-order valence-electron chi connectivity index (χ4n) is 3.20. The largest absolute Gasteiger partial charge is 0.360 e. The Balaban J connectivity index is 1.79. The number of H-pyrrole nitrogens is 1. The number of aromatic amines is 1. The molecule has 0 aliphatic heterocycles. The van der Waals surface area contributed by atoms with Crippen LogP contribution in [0.2, 0.25) is 0 Å². The first kappa shape index (κ1) is 14.8. The van der Waals surface area contributed by atoms with Crippen LogP contribution in [0.4, 0.5) is 0 Å². The third-order valence-electron chi connectivity index (χ3n) is 4.47. The van der Waals surface area contributed by atoms with Crippen LogP contribution in [0.25, 0.3) is 10.9 Å². The standard InChI is InChI=1S/C18H22N2O2/c21-17-14-10-6-7-11-16(14)19-12-15(17)18(22)20-13-8-4-2-1-3-5-9-13/h6-7,10-13H,1-5,8-9H2,(H,19,21)(H,20,22). The minimum absolute atomic E-state index is 0.193. The summed E-state index contributed by atoms with van der Waals surface area (Å²) in [4.78, 5) is 27.9. The number of carbonyl (C=O) groups is 1. The number of fused-ring (bicyclic) bond motifs is 1. The summed E-state index contributed by atoms with van der Waals surface area (Å²) in [5.74, 6) is -0.252. The molecule has 0 radical (unpaired) electrons. The van der Waals surface area contributed by atoms with Crippen LogP contribution in [0, 0.1) is 0 Å². The Bertz CT molecular complexity index is 712. The molecular weight excluding hydrogens is 276 g/mol. The van der Waals surface area contributed by atoms with E-state index in [4.69, 9.17) is 0 Å². The number of benzene rings is 1. The maximum absolute atomic E-state index is 12.5. The van der Waals surface area contributed by atoms with Crippen LogP contribution in [-0.2, 0) is 0 Å². The minimum atomic E-state index is -0.252. The van der Waals surface area contributed by atoms with Crippen molar-refractivity contribution in [2.75, 3.05) is 0 Å². The van der Waals surface area contributed by atoms with E-state index in [2.05, 4.69) is 10.3 Å². The van der Waals surface area contributed by atoms with Gasteiger partial charge in [-0.25, -0.2) is 0 Å². The molecule has 1 aliphatic rings. The molecule has 4 nitrogen and oxygen atoms in total. The van der Waals surface area contributed by atoms with E-state index in [0.717, 1.165) is 31.2 Å². The third-order valence-corrected chi connectivity index (χ3v) is 4.47. The van der Waals surface area contributed by atoms with E-state index >= 15 is 0 Å². The minimum Gasteiger partial charge on any atom is -0.360 e. The second kappa shape index (κ2) is 6.77. The molecule has 3 rings (SSSR count). The van der Waals surface area contributed by atoms with Crippen LogP contribution < -0.4 is 10.7 Å². The van der Waals surface area contributed by atoms with Crippen LogP contribution in [0.1, 0.15) is 55.3 Å². The Morgan fingerprint density at radius 1 is 1.05 bits per heavy atom. The highest BCUT2D eigenvalue weighted by Crippen LogP contribution is 2.17. The summed E-state index contributed by atoms with van der Waals surface area (Å²) in [6.45, 7) is 0. The molecule has 1 heterocycles. The van der Waals surface area contributed by atoms with Gasteiger partial charge in [-0.1, -0.05) is 44.2 Å². The summed E-state index contributed by atoms with van der Waals surface area (Å²) in [6, 6.07) is 7.47. The molecular formula is C18H22N2O2. The molecule has 0 spiro atoms. The van der Waals surface area contributed by atoms with Crippen molar-refractivity contribution in [3.63, 3.8) is 0 Å². The van der Waals surface area contributed by atoms with Crippen molar-refractivity contribution in [3.05, 3.63) is 46.2 Å². The highest BCUT2D eigenvalue weighted by molar-refractivity contribution is 5.97. The molecule has 0 unspecified atom stereocenters. The fourth-order valence-corrected chi connectivity index (χ4v) is 3.20. The number of hydrogen-bond donors (Lipinski definition) is 2. The highest BCUT2D eigenvalue weighted by Gasteiger charge is 2.18. The summed E-state index contributed by atoms with van der Waals surface area (Å²) in [5, 5.41) is 3.61. The van der Waals surface area contributed by atoms with Crippen LogP contribution in [0.3, 0.4) is 0 Å². The van der Waals surface area contributed by atoms with Gasteiger partial charge in [0.05, 0.1) is 0 Å². The molecule has 1 saturated carbocycles. The van der Waals surface area contributed by atoms with Crippen molar-refractivity contribution in [2.45, 2.75) is 51.0 Å². The Morgan fingerprint density at radius 3 is 2.50 bits per heavy atom. The van der Waals surface area contributed by atoms with E-state index in [9.17, 15) is 9.59 Å². The number of rotatable bonds is 2. The Labute approximate surface area is 129 Å². The maximum Gasteiger partial charge on any atom is 0.256 e. The van der Waals surface area contributed by atoms with Gasteiger partial charge in [0.1, 0.15) is 5.56 Å². The molecule has 1 aromatic carbocycles. The lowest BCUT2D eigenvalue weighted by Gasteiger charge is -2.20.